The van der Waals surface area contributed by atoms with E-state index in [0.717, 1.165) is 19.6 Å². The van der Waals surface area contributed by atoms with Gasteiger partial charge in [-0.25, -0.2) is 13.1 Å². The third kappa shape index (κ3) is 4.55. The van der Waals surface area contributed by atoms with Crippen LogP contribution in [0.2, 0.25) is 5.02 Å². The van der Waals surface area contributed by atoms with E-state index in [2.05, 4.69) is 28.7 Å². The van der Waals surface area contributed by atoms with Gasteiger partial charge in [-0.3, -0.25) is 9.69 Å². The zero-order chi connectivity index (χ0) is 20.3. The molecule has 0 aliphatic carbocycles. The Morgan fingerprint density at radius 3 is 2.43 bits per heavy atom. The summed E-state index contributed by atoms with van der Waals surface area (Å²) in [5.41, 5.74) is 2.76. The predicted octanol–water partition coefficient (Wildman–Crippen LogP) is 2.51. The van der Waals surface area contributed by atoms with Gasteiger partial charge < -0.3 is 4.90 Å². The average molecular weight is 422 g/mol. The molecule has 150 valence electrons. The maximum Gasteiger partial charge on any atom is 0.255 e. The van der Waals surface area contributed by atoms with E-state index in [-0.39, 0.29) is 21.4 Å². The molecule has 0 bridgehead atoms. The number of nitrogens with one attached hydrogen (secondary N) is 1. The molecule has 1 saturated heterocycles. The molecular formula is C20H24ClN3O3S. The molecule has 1 amide bonds. The lowest BCUT2D eigenvalue weighted by atomic mass is 10.1. The fourth-order valence-electron chi connectivity index (χ4n) is 3.26. The van der Waals surface area contributed by atoms with Crippen molar-refractivity contribution in [3.05, 3.63) is 64.2 Å². The minimum absolute atomic E-state index is 0.0286. The number of aryl methyl sites for hydroxylation is 1. The van der Waals surface area contributed by atoms with Gasteiger partial charge in [0.25, 0.3) is 5.91 Å². The summed E-state index contributed by atoms with van der Waals surface area (Å²) < 4.78 is 26.3. The first-order chi connectivity index (χ1) is 13.3. The second kappa shape index (κ2) is 8.61. The van der Waals surface area contributed by atoms with E-state index in [0.29, 0.717) is 13.1 Å². The summed E-state index contributed by atoms with van der Waals surface area (Å²) in [4.78, 5) is 17.0. The normalized spacial score (nSPS) is 15.6. The number of halogens is 1. The van der Waals surface area contributed by atoms with Crippen LogP contribution in [0.15, 0.2) is 47.4 Å². The average Bonchev–Trinajstić information content (AvgIpc) is 2.70. The van der Waals surface area contributed by atoms with E-state index in [4.69, 9.17) is 11.6 Å². The van der Waals surface area contributed by atoms with Crippen LogP contribution in [0.5, 0.6) is 0 Å². The molecule has 0 unspecified atom stereocenters. The first kappa shape index (κ1) is 20.8. The Labute approximate surface area is 171 Å². The fraction of sp³-hybridized carbons (Fsp3) is 0.350. The second-order valence-corrected chi connectivity index (χ2v) is 9.14. The summed E-state index contributed by atoms with van der Waals surface area (Å²) >= 11 is 6.18. The Balaban J connectivity index is 1.69. The highest BCUT2D eigenvalue weighted by molar-refractivity contribution is 7.89. The molecule has 1 aliphatic heterocycles. The maximum absolute atomic E-state index is 12.9. The van der Waals surface area contributed by atoms with Crippen LogP contribution in [0.4, 0.5) is 0 Å². The second-order valence-electron chi connectivity index (χ2n) is 6.84. The maximum atomic E-state index is 12.9. The molecular weight excluding hydrogens is 398 g/mol. The minimum Gasteiger partial charge on any atom is -0.336 e. The van der Waals surface area contributed by atoms with Gasteiger partial charge >= 0.3 is 0 Å². The molecule has 0 radical (unpaired) electrons. The van der Waals surface area contributed by atoms with E-state index in [1.807, 2.05) is 12.1 Å². The molecule has 0 spiro atoms. The lowest BCUT2D eigenvalue weighted by Crippen LogP contribution is -2.48. The van der Waals surface area contributed by atoms with Crippen molar-refractivity contribution in [2.75, 3.05) is 33.2 Å². The lowest BCUT2D eigenvalue weighted by molar-refractivity contribution is 0.0628. The van der Waals surface area contributed by atoms with Crippen LogP contribution in [0.3, 0.4) is 0 Å². The molecule has 2 aromatic rings. The van der Waals surface area contributed by atoms with Crippen molar-refractivity contribution < 1.29 is 13.2 Å². The van der Waals surface area contributed by atoms with E-state index in [9.17, 15) is 13.2 Å². The van der Waals surface area contributed by atoms with Crippen molar-refractivity contribution in [1.29, 1.82) is 0 Å². The Morgan fingerprint density at radius 1 is 1.11 bits per heavy atom. The van der Waals surface area contributed by atoms with Crippen molar-refractivity contribution in [3.8, 4) is 0 Å². The standard InChI is InChI=1S/C20H24ClN3O3S/c1-15-5-3-4-6-16(15)14-23-9-11-24(12-10-23)20(25)18-13-17(7-8-19(18)21)28(26,27)22-2/h3-8,13,22H,9-12,14H2,1-2H3. The topological polar surface area (TPSA) is 69.7 Å². The highest BCUT2D eigenvalue weighted by Crippen LogP contribution is 2.23. The smallest absolute Gasteiger partial charge is 0.255 e. The summed E-state index contributed by atoms with van der Waals surface area (Å²) in [6, 6.07) is 12.5. The van der Waals surface area contributed by atoms with Crippen molar-refractivity contribution in [2.45, 2.75) is 18.4 Å². The third-order valence-corrected chi connectivity index (χ3v) is 6.80. The molecule has 28 heavy (non-hydrogen) atoms. The van der Waals surface area contributed by atoms with Gasteiger partial charge in [0, 0.05) is 32.7 Å². The number of hydrogen-bond acceptors (Lipinski definition) is 4. The zero-order valence-electron chi connectivity index (χ0n) is 16.0. The van der Waals surface area contributed by atoms with Crippen LogP contribution in [0.25, 0.3) is 0 Å². The highest BCUT2D eigenvalue weighted by Gasteiger charge is 2.25. The molecule has 0 aromatic heterocycles. The van der Waals surface area contributed by atoms with Gasteiger partial charge in [0.05, 0.1) is 15.5 Å². The van der Waals surface area contributed by atoms with Crippen molar-refractivity contribution >= 4 is 27.5 Å². The van der Waals surface area contributed by atoms with Crippen LogP contribution >= 0.6 is 11.6 Å². The number of carbonyl (C=O) groups excluding carboxylic acids is 1. The van der Waals surface area contributed by atoms with Crippen LogP contribution in [0.1, 0.15) is 21.5 Å². The Morgan fingerprint density at radius 2 is 1.79 bits per heavy atom. The van der Waals surface area contributed by atoms with E-state index >= 15 is 0 Å². The molecule has 1 aliphatic rings. The van der Waals surface area contributed by atoms with Crippen LogP contribution in [0, 0.1) is 6.92 Å². The Hall–Kier alpha value is -1.93. The summed E-state index contributed by atoms with van der Waals surface area (Å²) in [5.74, 6) is -0.242. The molecule has 1 heterocycles. The van der Waals surface area contributed by atoms with Crippen LogP contribution in [-0.4, -0.2) is 57.4 Å². The van der Waals surface area contributed by atoms with E-state index < -0.39 is 10.0 Å². The molecule has 1 fully saturated rings. The van der Waals surface area contributed by atoms with Gasteiger partial charge in [-0.05, 0) is 43.3 Å². The molecule has 0 saturated carbocycles. The molecule has 8 heteroatoms. The number of nitrogens with zero attached hydrogens (tertiary/aromatic N) is 2. The number of piperazine rings is 1. The molecule has 6 nitrogen and oxygen atoms in total. The number of benzene rings is 2. The first-order valence-electron chi connectivity index (χ1n) is 9.11. The van der Waals surface area contributed by atoms with E-state index in [1.54, 1.807) is 4.90 Å². The summed E-state index contributed by atoms with van der Waals surface area (Å²) in [7, 11) is -2.30. The predicted molar refractivity (Wildman–Crippen MR) is 110 cm³/mol. The van der Waals surface area contributed by atoms with Gasteiger partial charge in [0.1, 0.15) is 0 Å². The largest absolute Gasteiger partial charge is 0.336 e. The summed E-state index contributed by atoms with van der Waals surface area (Å²) in [6.07, 6.45) is 0. The molecule has 0 atom stereocenters. The lowest BCUT2D eigenvalue weighted by Gasteiger charge is -2.35. The van der Waals surface area contributed by atoms with Gasteiger partial charge in [-0.1, -0.05) is 35.9 Å². The van der Waals surface area contributed by atoms with Crippen molar-refractivity contribution in [3.63, 3.8) is 0 Å². The summed E-state index contributed by atoms with van der Waals surface area (Å²) in [5, 5.41) is 0.252. The van der Waals surface area contributed by atoms with Gasteiger partial charge in [0.2, 0.25) is 10.0 Å². The highest BCUT2D eigenvalue weighted by atomic mass is 35.5. The third-order valence-electron chi connectivity index (χ3n) is 5.06. The zero-order valence-corrected chi connectivity index (χ0v) is 17.6. The van der Waals surface area contributed by atoms with E-state index in [1.165, 1.54) is 36.4 Å². The van der Waals surface area contributed by atoms with Crippen molar-refractivity contribution in [1.82, 2.24) is 14.5 Å². The minimum atomic E-state index is -3.64. The Kier molecular flexibility index (Phi) is 6.40. The number of carbonyl (C=O) groups is 1. The number of amides is 1. The number of sulfonamides is 1. The number of hydrogen-bond donors (Lipinski definition) is 1. The first-order valence-corrected chi connectivity index (χ1v) is 11.0. The van der Waals surface area contributed by atoms with Crippen LogP contribution < -0.4 is 4.72 Å². The summed E-state index contributed by atoms with van der Waals surface area (Å²) in [6.45, 7) is 5.61. The fourth-order valence-corrected chi connectivity index (χ4v) is 4.22. The van der Waals surface area contributed by atoms with Crippen LogP contribution in [-0.2, 0) is 16.6 Å². The number of rotatable bonds is 5. The van der Waals surface area contributed by atoms with Gasteiger partial charge in [-0.15, -0.1) is 0 Å². The molecule has 1 N–H and O–H groups in total. The Bertz CT molecular complexity index is 970. The molecule has 3 rings (SSSR count). The quantitative estimate of drug-likeness (QED) is 0.805. The SMILES string of the molecule is CNS(=O)(=O)c1ccc(Cl)c(C(=O)N2CCN(Cc3ccccc3C)CC2)c1. The monoisotopic (exact) mass is 421 g/mol. The molecule has 2 aromatic carbocycles. The van der Waals surface area contributed by atoms with Crippen molar-refractivity contribution in [2.24, 2.45) is 0 Å². The van der Waals surface area contributed by atoms with Gasteiger partial charge in [0.15, 0.2) is 0 Å². The van der Waals surface area contributed by atoms with Gasteiger partial charge in [-0.2, -0.15) is 0 Å².